The molecule has 1 N–H and O–H groups in total. The minimum atomic E-state index is -0.851. The van der Waals surface area contributed by atoms with Gasteiger partial charge >= 0.3 is 0 Å². The first-order valence-electron chi connectivity index (χ1n) is 18.8. The molecule has 4 aromatic rings. The maximum atomic E-state index is 13.2. The van der Waals surface area contributed by atoms with Gasteiger partial charge in [-0.1, -0.05) is 129 Å². The summed E-state index contributed by atoms with van der Waals surface area (Å²) in [5, 5.41) is 23.4. The predicted molar refractivity (Wildman–Crippen MR) is 235 cm³/mol. The van der Waals surface area contributed by atoms with Gasteiger partial charge in [0.2, 0.25) is 0 Å². The summed E-state index contributed by atoms with van der Waals surface area (Å²) in [5.41, 5.74) is 4.04. The number of halogens is 4. The molecule has 321 valence electrons. The standard InChI is InChI=1S/C29H28O4.2C11H7F2N.Ir/c1-3-4-8-22(2)23-11-15-28(16-12-23)32-20-26(30)19-27(31)21-33-29-17-13-25(14-18-29)24-9-6-5-7-10-24;12-8-4-5-9(10(13)7-8)11-3-1-2-6-14-11;1-2-3-4-11(14)9-6-5-8(12)7-10(9)13;/h3-13,15-17,19,30H,1-2,14,18,20-21H2;1-4,6-7,11H;2-5,7H,1H2;/q;2*-2;/b8-4-,26-19-;;4-3-;. The molecule has 62 heavy (non-hydrogen) atoms. The average Bonchev–Trinajstić information content (AvgIpc) is 3.27. The van der Waals surface area contributed by atoms with Crippen LogP contribution < -0.4 is 4.74 Å². The van der Waals surface area contributed by atoms with Crippen LogP contribution in [0.1, 0.15) is 41.1 Å². The Labute approximate surface area is 373 Å². The van der Waals surface area contributed by atoms with E-state index in [1.165, 1.54) is 29.4 Å². The smallest absolute Gasteiger partial charge is 0.196 e. The number of ether oxygens (including phenoxy) is 2. The molecule has 0 amide bonds. The van der Waals surface area contributed by atoms with Crippen molar-refractivity contribution in [2.45, 2.75) is 18.9 Å². The Bertz CT molecular complexity index is 2400. The number of aliphatic hydroxyl groups is 1. The third-order valence-electron chi connectivity index (χ3n) is 8.45. The van der Waals surface area contributed by atoms with Crippen molar-refractivity contribution in [3.63, 3.8) is 0 Å². The second kappa shape index (κ2) is 26.4. The molecule has 1 radical (unpaired) electrons. The molecule has 0 saturated heterocycles. The Kier molecular flexibility index (Phi) is 21.1. The zero-order valence-electron chi connectivity index (χ0n) is 33.4. The number of allylic oxidation sites excluding steroid dienone is 13. The van der Waals surface area contributed by atoms with Crippen molar-refractivity contribution < 1.29 is 57.0 Å². The van der Waals surface area contributed by atoms with Gasteiger partial charge in [0.15, 0.2) is 12.4 Å². The maximum Gasteiger partial charge on any atom is 0.196 e. The molecule has 0 bridgehead atoms. The van der Waals surface area contributed by atoms with Gasteiger partial charge in [-0.15, -0.1) is 41.5 Å². The second-order valence-electron chi connectivity index (χ2n) is 12.9. The number of aliphatic hydroxyl groups excluding tert-OH is 1. The molecule has 1 heterocycles. The van der Waals surface area contributed by atoms with E-state index in [4.69, 9.17) is 9.47 Å². The van der Waals surface area contributed by atoms with E-state index in [0.717, 1.165) is 54.0 Å². The summed E-state index contributed by atoms with van der Waals surface area (Å²) < 4.78 is 62.5. The molecule has 2 aliphatic rings. The third-order valence-corrected chi connectivity index (χ3v) is 8.45. The van der Waals surface area contributed by atoms with Crippen molar-refractivity contribution in [3.8, 4) is 5.75 Å². The molecular weight excluding hydrogens is 973 g/mol. The fraction of sp³-hybridized carbons (Fsp3) is 0.0980. The summed E-state index contributed by atoms with van der Waals surface area (Å²) in [5.74, 6) is -1.96. The van der Waals surface area contributed by atoms with Crippen LogP contribution in [-0.2, 0) is 29.6 Å². The topological polar surface area (TPSA) is 92.2 Å². The third kappa shape index (κ3) is 16.7. The van der Waals surface area contributed by atoms with Crippen LogP contribution >= 0.6 is 0 Å². The van der Waals surface area contributed by atoms with E-state index >= 15 is 0 Å². The van der Waals surface area contributed by atoms with Crippen molar-refractivity contribution in [2.75, 3.05) is 13.2 Å². The minimum Gasteiger partial charge on any atom is -0.855 e. The molecule has 0 saturated carbocycles. The first kappa shape index (κ1) is 49.6. The average molecular weight is 1020 g/mol. The fourth-order valence-electron chi connectivity index (χ4n) is 5.42. The van der Waals surface area contributed by atoms with E-state index in [0.29, 0.717) is 11.8 Å². The quantitative estimate of drug-likeness (QED) is 0.0321. The first-order chi connectivity index (χ1) is 29.5. The Morgan fingerprint density at radius 1 is 0.855 bits per heavy atom. The van der Waals surface area contributed by atoms with Crippen LogP contribution in [0.5, 0.6) is 5.75 Å². The Hall–Kier alpha value is -6.81. The Morgan fingerprint density at radius 2 is 1.53 bits per heavy atom. The monoisotopic (exact) mass is 1020 g/mol. The maximum absolute atomic E-state index is 13.2. The summed E-state index contributed by atoms with van der Waals surface area (Å²) in [6, 6.07) is 25.5. The molecular formula is C51H42F4IrN2O4-4. The van der Waals surface area contributed by atoms with Gasteiger partial charge in [0, 0.05) is 55.9 Å². The largest absolute Gasteiger partial charge is 0.855 e. The zero-order valence-corrected chi connectivity index (χ0v) is 35.8. The molecule has 6 nitrogen and oxygen atoms in total. The minimum absolute atomic E-state index is 0. The van der Waals surface area contributed by atoms with Crippen LogP contribution in [0.15, 0.2) is 189 Å². The van der Waals surface area contributed by atoms with E-state index in [1.54, 1.807) is 42.6 Å². The Balaban J connectivity index is 0.000000290. The van der Waals surface area contributed by atoms with Crippen LogP contribution in [0.3, 0.4) is 0 Å². The van der Waals surface area contributed by atoms with Gasteiger partial charge in [-0.05, 0) is 46.9 Å². The van der Waals surface area contributed by atoms with Crippen molar-refractivity contribution in [3.05, 3.63) is 258 Å². The molecule has 1 atom stereocenters. The number of hydrogen-bond donors (Lipinski definition) is 1. The van der Waals surface area contributed by atoms with Gasteiger partial charge in [-0.25, -0.2) is 5.71 Å². The summed E-state index contributed by atoms with van der Waals surface area (Å²) >= 11 is 0. The van der Waals surface area contributed by atoms with Crippen molar-refractivity contribution in [2.24, 2.45) is 0 Å². The van der Waals surface area contributed by atoms with Gasteiger partial charge in [0.25, 0.3) is 0 Å². The first-order valence-corrected chi connectivity index (χ1v) is 18.8. The second-order valence-corrected chi connectivity index (χ2v) is 12.9. The van der Waals surface area contributed by atoms with Crippen LogP contribution in [0.2, 0.25) is 0 Å². The van der Waals surface area contributed by atoms with Crippen molar-refractivity contribution in [1.29, 1.82) is 0 Å². The van der Waals surface area contributed by atoms with E-state index in [9.17, 15) is 32.9 Å². The Morgan fingerprint density at radius 3 is 2.15 bits per heavy atom. The number of nitrogens with zero attached hydrogens (tertiary/aromatic N) is 2. The van der Waals surface area contributed by atoms with Gasteiger partial charge in [-0.3, -0.25) is 22.4 Å². The number of carbonyl (C=O) groups excluding carboxylic acids is 1. The number of ketones is 1. The molecule has 11 heteroatoms. The predicted octanol–water partition coefficient (Wildman–Crippen LogP) is 12.7. The number of rotatable bonds is 15. The number of benzene rings is 4. The molecule has 1 aliphatic carbocycles. The van der Waals surface area contributed by atoms with E-state index in [1.807, 2.05) is 54.6 Å². The van der Waals surface area contributed by atoms with Crippen LogP contribution in [0, 0.1) is 35.4 Å². The zero-order chi connectivity index (χ0) is 44.0. The number of carbonyl (C=O) groups is 1. The van der Waals surface area contributed by atoms with E-state index < -0.39 is 23.3 Å². The summed E-state index contributed by atoms with van der Waals surface area (Å²) in [6.07, 6.45) is 23.0. The van der Waals surface area contributed by atoms with Gasteiger partial charge in [0.05, 0.1) is 5.76 Å². The molecule has 0 fully saturated rings. The fourth-order valence-corrected chi connectivity index (χ4v) is 5.42. The molecule has 1 aliphatic heterocycles. The van der Waals surface area contributed by atoms with Gasteiger partial charge in [0.1, 0.15) is 18.1 Å². The van der Waals surface area contributed by atoms with E-state index in [-0.39, 0.29) is 67.7 Å². The van der Waals surface area contributed by atoms with Crippen molar-refractivity contribution in [1.82, 2.24) is 0 Å². The summed E-state index contributed by atoms with van der Waals surface area (Å²) in [6.45, 7) is 10.8. The normalized spacial score (nSPS) is 14.1. The van der Waals surface area contributed by atoms with E-state index in [2.05, 4.69) is 49.3 Å². The molecule has 0 spiro atoms. The SMILES string of the molecule is C=C/C=C\C(=C)c1ccc(OC/C(O)=C/C(=O)COC2=CC=C(c3ccccc3)CC2)cc1.C=C/C=C\C(=[N-])c1[c-]cc(F)cc1F.Fc1c[c-]c(C2C=CC=C[N-]2)c(F)c1.[Ir]. The number of hydrogen-bond acceptors (Lipinski definition) is 4. The van der Waals surface area contributed by atoms with Crippen LogP contribution in [-0.4, -0.2) is 29.8 Å². The van der Waals surface area contributed by atoms with Crippen LogP contribution in [0.4, 0.5) is 17.6 Å². The van der Waals surface area contributed by atoms with Gasteiger partial charge in [-0.2, -0.15) is 12.3 Å². The van der Waals surface area contributed by atoms with Crippen molar-refractivity contribution >= 4 is 22.6 Å². The molecule has 0 aromatic heterocycles. The van der Waals surface area contributed by atoms with Crippen LogP contribution in [0.25, 0.3) is 21.9 Å². The molecule has 6 rings (SSSR count). The molecule has 1 unspecified atom stereocenters. The summed E-state index contributed by atoms with van der Waals surface area (Å²) in [7, 11) is 0. The summed E-state index contributed by atoms with van der Waals surface area (Å²) in [4.78, 5) is 12.1. The molecule has 4 aromatic carbocycles. The van der Waals surface area contributed by atoms with Gasteiger partial charge < -0.3 is 25.3 Å².